The summed E-state index contributed by atoms with van der Waals surface area (Å²) in [6.45, 7) is 0. The first kappa shape index (κ1) is 6.38. The molecule has 0 radical (unpaired) electrons. The minimum Gasteiger partial charge on any atom is -0.300 e. The Balaban J connectivity index is 1.91. The molecule has 2 unspecified atom stereocenters. The number of hydrogen-bond acceptors (Lipinski definition) is 1. The van der Waals surface area contributed by atoms with Gasteiger partial charge in [0.15, 0.2) is 0 Å². The summed E-state index contributed by atoms with van der Waals surface area (Å²) in [5, 5.41) is 0. The molecule has 0 aromatic rings. The van der Waals surface area contributed by atoms with Crippen molar-refractivity contribution in [2.75, 3.05) is 0 Å². The van der Waals surface area contributed by atoms with Gasteiger partial charge in [0.05, 0.1) is 0 Å². The van der Waals surface area contributed by atoms with Crippen LogP contribution in [0.4, 0.5) is 0 Å². The molecule has 2 rings (SSSR count). The summed E-state index contributed by atoms with van der Waals surface area (Å²) < 4.78 is 0. The van der Waals surface area contributed by atoms with E-state index in [2.05, 4.69) is 0 Å². The maximum atomic E-state index is 11.1. The SMILES string of the molecule is O=C1CCCCC2CC2C1. The number of ketones is 1. The summed E-state index contributed by atoms with van der Waals surface area (Å²) in [5.41, 5.74) is 0. The first-order chi connectivity index (χ1) is 4.86. The highest BCUT2D eigenvalue weighted by molar-refractivity contribution is 5.79. The molecule has 1 heteroatoms. The third-order valence-corrected chi connectivity index (χ3v) is 2.84. The number of carbonyl (C=O) groups excluding carboxylic acids is 1. The maximum absolute atomic E-state index is 11.1. The van der Waals surface area contributed by atoms with Crippen molar-refractivity contribution in [1.29, 1.82) is 0 Å². The summed E-state index contributed by atoms with van der Waals surface area (Å²) in [6, 6.07) is 0. The molecule has 0 saturated heterocycles. The monoisotopic (exact) mass is 138 g/mol. The molecule has 0 spiro atoms. The van der Waals surface area contributed by atoms with Crippen molar-refractivity contribution >= 4 is 5.78 Å². The van der Waals surface area contributed by atoms with Crippen LogP contribution in [0.5, 0.6) is 0 Å². The number of hydrogen-bond donors (Lipinski definition) is 0. The van der Waals surface area contributed by atoms with Crippen molar-refractivity contribution in [3.63, 3.8) is 0 Å². The second-order valence-electron chi connectivity index (χ2n) is 3.74. The van der Waals surface area contributed by atoms with Crippen molar-refractivity contribution in [2.45, 2.75) is 38.5 Å². The zero-order valence-corrected chi connectivity index (χ0v) is 6.31. The number of Topliss-reactive ketones (excluding diaryl/α,β-unsaturated/α-hetero) is 1. The summed E-state index contributed by atoms with van der Waals surface area (Å²) in [5.74, 6) is 2.28. The van der Waals surface area contributed by atoms with E-state index >= 15 is 0 Å². The van der Waals surface area contributed by atoms with Crippen molar-refractivity contribution < 1.29 is 4.79 Å². The molecule has 2 saturated carbocycles. The Kier molecular flexibility index (Phi) is 1.51. The van der Waals surface area contributed by atoms with E-state index in [4.69, 9.17) is 0 Å². The predicted octanol–water partition coefficient (Wildman–Crippen LogP) is 2.16. The Morgan fingerprint density at radius 1 is 1.20 bits per heavy atom. The van der Waals surface area contributed by atoms with Gasteiger partial charge < -0.3 is 0 Å². The van der Waals surface area contributed by atoms with Crippen LogP contribution < -0.4 is 0 Å². The molecule has 0 aromatic carbocycles. The Labute approximate surface area is 61.8 Å². The van der Waals surface area contributed by atoms with Gasteiger partial charge in [0.25, 0.3) is 0 Å². The van der Waals surface area contributed by atoms with Crippen LogP contribution in [0.1, 0.15) is 38.5 Å². The summed E-state index contributed by atoms with van der Waals surface area (Å²) in [7, 11) is 0. The van der Waals surface area contributed by atoms with Crippen LogP contribution in [0, 0.1) is 11.8 Å². The highest BCUT2D eigenvalue weighted by atomic mass is 16.1. The van der Waals surface area contributed by atoms with Gasteiger partial charge in [-0.25, -0.2) is 0 Å². The lowest BCUT2D eigenvalue weighted by Gasteiger charge is -2.04. The van der Waals surface area contributed by atoms with E-state index in [-0.39, 0.29) is 0 Å². The predicted molar refractivity (Wildman–Crippen MR) is 39.7 cm³/mol. The van der Waals surface area contributed by atoms with E-state index < -0.39 is 0 Å². The van der Waals surface area contributed by atoms with Gasteiger partial charge in [0.2, 0.25) is 0 Å². The van der Waals surface area contributed by atoms with E-state index in [0.29, 0.717) is 5.78 Å². The number of fused-ring (bicyclic) bond motifs is 1. The second kappa shape index (κ2) is 2.37. The van der Waals surface area contributed by atoms with Gasteiger partial charge in [0.1, 0.15) is 5.78 Å². The normalized spacial score (nSPS) is 39.8. The molecule has 1 nitrogen and oxygen atoms in total. The van der Waals surface area contributed by atoms with E-state index in [1.165, 1.54) is 19.3 Å². The largest absolute Gasteiger partial charge is 0.300 e. The van der Waals surface area contributed by atoms with E-state index in [1.807, 2.05) is 0 Å². The lowest BCUT2D eigenvalue weighted by Crippen LogP contribution is -2.02. The average molecular weight is 138 g/mol. The fourth-order valence-electron chi connectivity index (χ4n) is 2.04. The van der Waals surface area contributed by atoms with Crippen LogP contribution in [-0.2, 0) is 4.79 Å². The van der Waals surface area contributed by atoms with Crippen molar-refractivity contribution in [2.24, 2.45) is 11.8 Å². The van der Waals surface area contributed by atoms with Crippen molar-refractivity contribution in [1.82, 2.24) is 0 Å². The van der Waals surface area contributed by atoms with E-state index in [0.717, 1.165) is 31.1 Å². The van der Waals surface area contributed by atoms with Crippen LogP contribution in [0.15, 0.2) is 0 Å². The third-order valence-electron chi connectivity index (χ3n) is 2.84. The molecule has 0 heterocycles. The fourth-order valence-corrected chi connectivity index (χ4v) is 2.04. The zero-order valence-electron chi connectivity index (χ0n) is 6.31. The average Bonchev–Trinajstić information content (AvgIpc) is 2.54. The topological polar surface area (TPSA) is 17.1 Å². The molecule has 0 aliphatic heterocycles. The molecule has 0 aromatic heterocycles. The molecule has 10 heavy (non-hydrogen) atoms. The summed E-state index contributed by atoms with van der Waals surface area (Å²) >= 11 is 0. The van der Waals surface area contributed by atoms with Gasteiger partial charge in [-0.05, 0) is 24.7 Å². The molecule has 56 valence electrons. The standard InChI is InChI=1S/C9H14O/c10-9-4-2-1-3-7-5-8(7)6-9/h7-8H,1-6H2. The Morgan fingerprint density at radius 2 is 2.10 bits per heavy atom. The highest BCUT2D eigenvalue weighted by Gasteiger charge is 2.38. The number of carbonyl (C=O) groups is 1. The van der Waals surface area contributed by atoms with Gasteiger partial charge in [-0.15, -0.1) is 0 Å². The van der Waals surface area contributed by atoms with E-state index in [9.17, 15) is 4.79 Å². The van der Waals surface area contributed by atoms with Crippen molar-refractivity contribution in [3.8, 4) is 0 Å². The summed E-state index contributed by atoms with van der Waals surface area (Å²) in [6.07, 6.45) is 6.98. The zero-order chi connectivity index (χ0) is 6.97. The number of rotatable bonds is 0. The molecule has 2 atom stereocenters. The van der Waals surface area contributed by atoms with Gasteiger partial charge in [0, 0.05) is 12.8 Å². The Hall–Kier alpha value is -0.330. The third kappa shape index (κ3) is 1.23. The van der Waals surface area contributed by atoms with Crippen LogP contribution in [0.2, 0.25) is 0 Å². The minimum atomic E-state index is 0.521. The maximum Gasteiger partial charge on any atom is 0.133 e. The van der Waals surface area contributed by atoms with Gasteiger partial charge in [-0.1, -0.05) is 12.8 Å². The minimum absolute atomic E-state index is 0.521. The van der Waals surface area contributed by atoms with Crippen LogP contribution in [0.25, 0.3) is 0 Å². The smallest absolute Gasteiger partial charge is 0.133 e. The molecule has 2 aliphatic carbocycles. The van der Waals surface area contributed by atoms with Crippen LogP contribution in [-0.4, -0.2) is 5.78 Å². The van der Waals surface area contributed by atoms with Crippen LogP contribution in [0.3, 0.4) is 0 Å². The fraction of sp³-hybridized carbons (Fsp3) is 0.889. The quantitative estimate of drug-likeness (QED) is 0.501. The molecular weight excluding hydrogens is 124 g/mol. The molecule has 2 fully saturated rings. The first-order valence-electron chi connectivity index (χ1n) is 4.38. The van der Waals surface area contributed by atoms with E-state index in [1.54, 1.807) is 0 Å². The van der Waals surface area contributed by atoms with Gasteiger partial charge in [-0.2, -0.15) is 0 Å². The van der Waals surface area contributed by atoms with Crippen LogP contribution >= 0.6 is 0 Å². The Morgan fingerprint density at radius 3 is 3.00 bits per heavy atom. The van der Waals surface area contributed by atoms with Crippen molar-refractivity contribution in [3.05, 3.63) is 0 Å². The molecule has 0 bridgehead atoms. The molecule has 0 N–H and O–H groups in total. The molecular formula is C9H14O. The van der Waals surface area contributed by atoms with Gasteiger partial charge in [-0.3, -0.25) is 4.79 Å². The molecule has 2 aliphatic rings. The lowest BCUT2D eigenvalue weighted by atomic mass is 10.0. The first-order valence-corrected chi connectivity index (χ1v) is 4.38. The van der Waals surface area contributed by atoms with Gasteiger partial charge >= 0.3 is 0 Å². The Bertz CT molecular complexity index is 151. The lowest BCUT2D eigenvalue weighted by molar-refractivity contribution is -0.119. The molecule has 0 amide bonds. The summed E-state index contributed by atoms with van der Waals surface area (Å²) in [4.78, 5) is 11.1. The highest BCUT2D eigenvalue weighted by Crippen LogP contribution is 2.46. The second-order valence-corrected chi connectivity index (χ2v) is 3.74.